The molecule has 2 heterocycles. The molecule has 1 N–H and O–H groups in total. The van der Waals surface area contributed by atoms with Gasteiger partial charge in [0.1, 0.15) is 5.69 Å². The minimum absolute atomic E-state index is 0.677. The van der Waals surface area contributed by atoms with E-state index in [1.165, 1.54) is 12.8 Å². The van der Waals surface area contributed by atoms with Crippen molar-refractivity contribution in [3.63, 3.8) is 0 Å². The molecule has 4 nitrogen and oxygen atoms in total. The molecule has 1 aromatic carbocycles. The van der Waals surface area contributed by atoms with Gasteiger partial charge in [0.25, 0.3) is 0 Å². The molecule has 1 aliphatic carbocycles. The molecule has 0 radical (unpaired) electrons. The van der Waals surface area contributed by atoms with Gasteiger partial charge in [0.15, 0.2) is 5.82 Å². The standard InChI is InChI=1S/C17H16N4/c1-2-4-15-13(3-1)5-8-16(21-15)17-19-10-12(11-20-17)9-18-14-6-7-14/h1-5,8,10-11,14,18H,6-7,9H2. The summed E-state index contributed by atoms with van der Waals surface area (Å²) in [7, 11) is 0. The summed E-state index contributed by atoms with van der Waals surface area (Å²) in [6, 6.07) is 12.8. The fourth-order valence-electron chi connectivity index (χ4n) is 2.32. The Morgan fingerprint density at radius 3 is 2.62 bits per heavy atom. The van der Waals surface area contributed by atoms with Crippen molar-refractivity contribution in [3.05, 3.63) is 54.4 Å². The highest BCUT2D eigenvalue weighted by Crippen LogP contribution is 2.20. The van der Waals surface area contributed by atoms with Gasteiger partial charge in [0, 0.05) is 35.9 Å². The van der Waals surface area contributed by atoms with Gasteiger partial charge in [-0.15, -0.1) is 0 Å². The lowest BCUT2D eigenvalue weighted by atomic mass is 10.2. The summed E-state index contributed by atoms with van der Waals surface area (Å²) < 4.78 is 0. The monoisotopic (exact) mass is 276 g/mol. The molecule has 4 heteroatoms. The Labute approximate surface area is 123 Å². The normalized spacial score (nSPS) is 14.5. The van der Waals surface area contributed by atoms with Crippen molar-refractivity contribution >= 4 is 10.9 Å². The van der Waals surface area contributed by atoms with Crippen LogP contribution in [0.4, 0.5) is 0 Å². The van der Waals surface area contributed by atoms with Gasteiger partial charge in [-0.2, -0.15) is 0 Å². The van der Waals surface area contributed by atoms with E-state index in [0.29, 0.717) is 11.9 Å². The molecule has 0 amide bonds. The molecule has 1 fully saturated rings. The SMILES string of the molecule is c1ccc2nc(-c3ncc(CNC4CC4)cn3)ccc2c1. The van der Waals surface area contributed by atoms with Crippen molar-refractivity contribution < 1.29 is 0 Å². The molecular formula is C17H16N4. The van der Waals surface area contributed by atoms with Crippen LogP contribution in [0, 0.1) is 0 Å². The van der Waals surface area contributed by atoms with Gasteiger partial charge in [-0.25, -0.2) is 15.0 Å². The number of para-hydroxylation sites is 1. The summed E-state index contributed by atoms with van der Waals surface area (Å²) in [5, 5.41) is 4.59. The molecule has 0 aliphatic heterocycles. The van der Waals surface area contributed by atoms with E-state index in [1.807, 2.05) is 36.7 Å². The van der Waals surface area contributed by atoms with Crippen LogP contribution in [0.25, 0.3) is 22.4 Å². The lowest BCUT2D eigenvalue weighted by Crippen LogP contribution is -2.15. The van der Waals surface area contributed by atoms with E-state index in [9.17, 15) is 0 Å². The van der Waals surface area contributed by atoms with Crippen LogP contribution in [0.5, 0.6) is 0 Å². The molecule has 104 valence electrons. The van der Waals surface area contributed by atoms with Gasteiger partial charge < -0.3 is 5.32 Å². The predicted molar refractivity (Wildman–Crippen MR) is 82.6 cm³/mol. The number of nitrogens with one attached hydrogen (secondary N) is 1. The summed E-state index contributed by atoms with van der Waals surface area (Å²) in [6.45, 7) is 0.843. The number of benzene rings is 1. The topological polar surface area (TPSA) is 50.7 Å². The Kier molecular flexibility index (Phi) is 3.09. The fourth-order valence-corrected chi connectivity index (χ4v) is 2.32. The molecule has 21 heavy (non-hydrogen) atoms. The first-order valence-electron chi connectivity index (χ1n) is 7.29. The third kappa shape index (κ3) is 2.76. The van der Waals surface area contributed by atoms with Gasteiger partial charge >= 0.3 is 0 Å². The van der Waals surface area contributed by atoms with E-state index in [0.717, 1.165) is 28.7 Å². The second-order valence-corrected chi connectivity index (χ2v) is 5.46. The maximum absolute atomic E-state index is 4.62. The van der Waals surface area contributed by atoms with Crippen LogP contribution in [-0.4, -0.2) is 21.0 Å². The molecule has 0 saturated heterocycles. The Balaban J connectivity index is 1.58. The molecule has 2 aromatic heterocycles. The molecule has 1 aliphatic rings. The van der Waals surface area contributed by atoms with E-state index in [-0.39, 0.29) is 0 Å². The van der Waals surface area contributed by atoms with Crippen molar-refractivity contribution in [2.45, 2.75) is 25.4 Å². The quantitative estimate of drug-likeness (QED) is 0.796. The molecule has 4 rings (SSSR count). The van der Waals surface area contributed by atoms with E-state index in [4.69, 9.17) is 0 Å². The number of fused-ring (bicyclic) bond motifs is 1. The van der Waals surface area contributed by atoms with E-state index in [1.54, 1.807) is 0 Å². The average molecular weight is 276 g/mol. The highest BCUT2D eigenvalue weighted by Gasteiger charge is 2.19. The van der Waals surface area contributed by atoms with Gasteiger partial charge in [0.2, 0.25) is 0 Å². The Bertz CT molecular complexity index is 763. The lowest BCUT2D eigenvalue weighted by molar-refractivity contribution is 0.683. The zero-order chi connectivity index (χ0) is 14.1. The summed E-state index contributed by atoms with van der Waals surface area (Å²) in [4.78, 5) is 13.5. The highest BCUT2D eigenvalue weighted by atomic mass is 15.0. The van der Waals surface area contributed by atoms with Crippen LogP contribution in [0.2, 0.25) is 0 Å². The van der Waals surface area contributed by atoms with Crippen molar-refractivity contribution in [1.29, 1.82) is 0 Å². The lowest BCUT2D eigenvalue weighted by Gasteiger charge is -2.04. The van der Waals surface area contributed by atoms with Gasteiger partial charge in [-0.1, -0.05) is 24.3 Å². The van der Waals surface area contributed by atoms with Crippen molar-refractivity contribution in [2.75, 3.05) is 0 Å². The molecule has 0 bridgehead atoms. The van der Waals surface area contributed by atoms with Gasteiger partial charge in [0.05, 0.1) is 5.52 Å². The number of hydrogen-bond acceptors (Lipinski definition) is 4. The van der Waals surface area contributed by atoms with Crippen LogP contribution in [0.15, 0.2) is 48.8 Å². The summed E-state index contributed by atoms with van der Waals surface area (Å²) in [5.41, 5.74) is 2.90. The van der Waals surface area contributed by atoms with Gasteiger partial charge in [-0.05, 0) is 25.0 Å². The average Bonchev–Trinajstić information content (AvgIpc) is 3.37. The first-order chi connectivity index (χ1) is 10.4. The molecule has 3 aromatic rings. The maximum atomic E-state index is 4.62. The van der Waals surface area contributed by atoms with Gasteiger partial charge in [-0.3, -0.25) is 0 Å². The van der Waals surface area contributed by atoms with E-state index >= 15 is 0 Å². The molecule has 1 saturated carbocycles. The smallest absolute Gasteiger partial charge is 0.178 e. The Morgan fingerprint density at radius 2 is 1.81 bits per heavy atom. The third-order valence-corrected chi connectivity index (χ3v) is 3.71. The van der Waals surface area contributed by atoms with E-state index in [2.05, 4.69) is 32.4 Å². The van der Waals surface area contributed by atoms with Crippen LogP contribution in [0.3, 0.4) is 0 Å². The van der Waals surface area contributed by atoms with Crippen molar-refractivity contribution in [3.8, 4) is 11.5 Å². The first kappa shape index (κ1) is 12.4. The van der Waals surface area contributed by atoms with Crippen molar-refractivity contribution in [2.24, 2.45) is 0 Å². The number of pyridine rings is 1. The zero-order valence-corrected chi connectivity index (χ0v) is 11.7. The van der Waals surface area contributed by atoms with Crippen LogP contribution in [-0.2, 0) is 6.54 Å². The van der Waals surface area contributed by atoms with E-state index < -0.39 is 0 Å². The second kappa shape index (κ2) is 5.22. The largest absolute Gasteiger partial charge is 0.310 e. The first-order valence-corrected chi connectivity index (χ1v) is 7.29. The minimum atomic E-state index is 0.677. The number of hydrogen-bond donors (Lipinski definition) is 1. The molecule has 0 unspecified atom stereocenters. The van der Waals surface area contributed by atoms with Crippen LogP contribution < -0.4 is 5.32 Å². The number of nitrogens with zero attached hydrogens (tertiary/aromatic N) is 3. The number of rotatable bonds is 4. The fraction of sp³-hybridized carbons (Fsp3) is 0.235. The maximum Gasteiger partial charge on any atom is 0.178 e. The number of aromatic nitrogens is 3. The molecular weight excluding hydrogens is 260 g/mol. The summed E-state index contributed by atoms with van der Waals surface area (Å²) >= 11 is 0. The van der Waals surface area contributed by atoms with Crippen molar-refractivity contribution in [1.82, 2.24) is 20.3 Å². The summed E-state index contributed by atoms with van der Waals surface area (Å²) in [6.07, 6.45) is 6.35. The predicted octanol–water partition coefficient (Wildman–Crippen LogP) is 2.94. The molecule has 0 atom stereocenters. The van der Waals surface area contributed by atoms with Crippen LogP contribution in [0.1, 0.15) is 18.4 Å². The van der Waals surface area contributed by atoms with Crippen LogP contribution >= 0.6 is 0 Å². The Morgan fingerprint density at radius 1 is 1.00 bits per heavy atom. The third-order valence-electron chi connectivity index (χ3n) is 3.71. The second-order valence-electron chi connectivity index (χ2n) is 5.46. The zero-order valence-electron chi connectivity index (χ0n) is 11.7. The minimum Gasteiger partial charge on any atom is -0.310 e. The Hall–Kier alpha value is -2.33. The highest BCUT2D eigenvalue weighted by molar-refractivity contribution is 5.80. The molecule has 0 spiro atoms. The summed E-state index contributed by atoms with van der Waals surface area (Å²) in [5.74, 6) is 0.677.